The Morgan fingerprint density at radius 3 is 2.69 bits per heavy atom. The molecule has 0 saturated heterocycles. The van der Waals surface area contributed by atoms with Crippen molar-refractivity contribution in [2.24, 2.45) is 0 Å². The van der Waals surface area contributed by atoms with Gasteiger partial charge in [-0.15, -0.1) is 0 Å². The lowest BCUT2D eigenvalue weighted by atomic mass is 10.1. The number of carbonyl (C=O) groups is 1. The van der Waals surface area contributed by atoms with Gasteiger partial charge in [-0.1, -0.05) is 18.2 Å². The zero-order chi connectivity index (χ0) is 11.5. The Balaban J connectivity index is 2.53. The Bertz CT molecular complexity index is 540. The van der Waals surface area contributed by atoms with E-state index < -0.39 is 5.97 Å². The zero-order valence-electron chi connectivity index (χ0n) is 8.22. The van der Waals surface area contributed by atoms with Crippen molar-refractivity contribution in [1.29, 1.82) is 0 Å². The Hall–Kier alpha value is -2.23. The molecule has 0 saturated carbocycles. The lowest BCUT2D eigenvalue weighted by Gasteiger charge is -2.03. The third kappa shape index (κ3) is 1.91. The molecule has 2 aromatic rings. The molecule has 1 aromatic heterocycles. The maximum atomic E-state index is 13.4. The normalized spacial score (nSPS) is 10.1. The van der Waals surface area contributed by atoms with E-state index >= 15 is 0 Å². The van der Waals surface area contributed by atoms with Crippen molar-refractivity contribution in [3.63, 3.8) is 0 Å². The van der Waals surface area contributed by atoms with Gasteiger partial charge in [-0.25, -0.2) is 14.2 Å². The Labute approximate surface area is 91.2 Å². The molecule has 0 spiro atoms. The number of carboxylic acid groups (broad SMARTS) is 1. The lowest BCUT2D eigenvalue weighted by Crippen LogP contribution is -1.99. The van der Waals surface area contributed by atoms with Crippen LogP contribution in [-0.4, -0.2) is 16.1 Å². The second-order valence-corrected chi connectivity index (χ2v) is 3.21. The number of carboxylic acids is 1. The van der Waals surface area contributed by atoms with Crippen LogP contribution in [0.25, 0.3) is 11.1 Å². The predicted octanol–water partition coefficient (Wildman–Crippen LogP) is 2.59. The molecular formula is C12H8FNO2. The molecule has 2 rings (SSSR count). The molecule has 1 N–H and O–H groups in total. The first-order valence-corrected chi connectivity index (χ1v) is 4.63. The van der Waals surface area contributed by atoms with Crippen molar-refractivity contribution < 1.29 is 14.3 Å². The quantitative estimate of drug-likeness (QED) is 0.841. The fourth-order valence-corrected chi connectivity index (χ4v) is 1.41. The fraction of sp³-hybridized carbons (Fsp3) is 0. The van der Waals surface area contributed by atoms with Gasteiger partial charge in [-0.2, -0.15) is 0 Å². The van der Waals surface area contributed by atoms with Gasteiger partial charge >= 0.3 is 5.97 Å². The van der Waals surface area contributed by atoms with Crippen LogP contribution in [0.5, 0.6) is 0 Å². The summed E-state index contributed by atoms with van der Waals surface area (Å²) in [5.74, 6) is -1.51. The highest BCUT2D eigenvalue weighted by atomic mass is 19.1. The Morgan fingerprint density at radius 2 is 2.00 bits per heavy atom. The number of pyridine rings is 1. The fourth-order valence-electron chi connectivity index (χ4n) is 1.41. The number of nitrogens with zero attached hydrogens (tertiary/aromatic N) is 1. The molecule has 4 heteroatoms. The minimum absolute atomic E-state index is 0.0965. The summed E-state index contributed by atoms with van der Waals surface area (Å²) < 4.78 is 13.4. The van der Waals surface area contributed by atoms with Crippen LogP contribution in [0, 0.1) is 5.82 Å². The van der Waals surface area contributed by atoms with E-state index in [0.717, 1.165) is 0 Å². The summed E-state index contributed by atoms with van der Waals surface area (Å²) in [6.07, 6.45) is 1.35. The maximum absolute atomic E-state index is 13.4. The molecule has 16 heavy (non-hydrogen) atoms. The second-order valence-electron chi connectivity index (χ2n) is 3.21. The Kier molecular flexibility index (Phi) is 2.64. The summed E-state index contributed by atoms with van der Waals surface area (Å²) in [7, 11) is 0. The summed E-state index contributed by atoms with van der Waals surface area (Å²) >= 11 is 0. The summed E-state index contributed by atoms with van der Waals surface area (Å²) in [6, 6.07) is 9.12. The highest BCUT2D eigenvalue weighted by Crippen LogP contribution is 2.22. The van der Waals surface area contributed by atoms with Crippen LogP contribution >= 0.6 is 0 Å². The summed E-state index contributed by atoms with van der Waals surface area (Å²) in [5.41, 5.74) is 0.777. The third-order valence-electron chi connectivity index (χ3n) is 2.16. The summed E-state index contributed by atoms with van der Waals surface area (Å²) in [5, 5.41) is 8.77. The van der Waals surface area contributed by atoms with Gasteiger partial charge < -0.3 is 5.11 Å². The van der Waals surface area contributed by atoms with Crippen molar-refractivity contribution in [2.75, 3.05) is 0 Å². The molecule has 0 aliphatic carbocycles. The second kappa shape index (κ2) is 4.10. The van der Waals surface area contributed by atoms with E-state index in [1.165, 1.54) is 18.3 Å². The van der Waals surface area contributed by atoms with Crippen molar-refractivity contribution in [3.05, 3.63) is 54.1 Å². The minimum Gasteiger partial charge on any atom is -0.477 e. The monoisotopic (exact) mass is 217 g/mol. The molecule has 1 aromatic carbocycles. The number of rotatable bonds is 2. The van der Waals surface area contributed by atoms with Gasteiger partial charge in [0.15, 0.2) is 0 Å². The van der Waals surface area contributed by atoms with E-state index in [-0.39, 0.29) is 11.5 Å². The molecule has 0 aliphatic heterocycles. The summed E-state index contributed by atoms with van der Waals surface area (Å²) in [6.45, 7) is 0. The SMILES string of the molecule is O=C(O)c1cc(-c2ccccc2F)ccn1. The van der Waals surface area contributed by atoms with Crippen LogP contribution in [0.3, 0.4) is 0 Å². The van der Waals surface area contributed by atoms with Crippen LogP contribution in [-0.2, 0) is 0 Å². The first-order chi connectivity index (χ1) is 7.68. The standard InChI is InChI=1S/C12H8FNO2/c13-10-4-2-1-3-9(10)8-5-6-14-11(7-8)12(15)16/h1-7H,(H,15,16). The topological polar surface area (TPSA) is 50.2 Å². The van der Waals surface area contributed by atoms with Crippen molar-refractivity contribution in [2.45, 2.75) is 0 Å². The van der Waals surface area contributed by atoms with Crippen LogP contribution in [0.4, 0.5) is 4.39 Å². The number of halogens is 1. The molecular weight excluding hydrogens is 209 g/mol. The third-order valence-corrected chi connectivity index (χ3v) is 2.16. The van der Waals surface area contributed by atoms with E-state index in [9.17, 15) is 9.18 Å². The van der Waals surface area contributed by atoms with Crippen molar-refractivity contribution in [1.82, 2.24) is 4.98 Å². The van der Waals surface area contributed by atoms with Crippen LogP contribution in [0.1, 0.15) is 10.5 Å². The smallest absolute Gasteiger partial charge is 0.354 e. The lowest BCUT2D eigenvalue weighted by molar-refractivity contribution is 0.0690. The average molecular weight is 217 g/mol. The predicted molar refractivity (Wildman–Crippen MR) is 56.6 cm³/mol. The van der Waals surface area contributed by atoms with Crippen molar-refractivity contribution >= 4 is 5.97 Å². The molecule has 80 valence electrons. The van der Waals surface area contributed by atoms with Gasteiger partial charge in [0, 0.05) is 11.8 Å². The van der Waals surface area contributed by atoms with Crippen LogP contribution in [0.2, 0.25) is 0 Å². The molecule has 0 bridgehead atoms. The van der Waals surface area contributed by atoms with Gasteiger partial charge in [-0.3, -0.25) is 0 Å². The molecule has 0 radical (unpaired) electrons. The molecule has 0 atom stereocenters. The van der Waals surface area contributed by atoms with Gasteiger partial charge in [0.25, 0.3) is 0 Å². The molecule has 3 nitrogen and oxygen atoms in total. The van der Waals surface area contributed by atoms with Gasteiger partial charge in [0.2, 0.25) is 0 Å². The highest BCUT2D eigenvalue weighted by Gasteiger charge is 2.08. The maximum Gasteiger partial charge on any atom is 0.354 e. The van der Waals surface area contributed by atoms with E-state index in [2.05, 4.69) is 4.98 Å². The van der Waals surface area contributed by atoms with E-state index in [4.69, 9.17) is 5.11 Å². The van der Waals surface area contributed by atoms with E-state index in [1.807, 2.05) is 0 Å². The first kappa shape index (κ1) is 10.3. The van der Waals surface area contributed by atoms with Gasteiger partial charge in [0.1, 0.15) is 11.5 Å². The number of aromatic nitrogens is 1. The zero-order valence-corrected chi connectivity index (χ0v) is 8.22. The van der Waals surface area contributed by atoms with Crippen LogP contribution in [0.15, 0.2) is 42.6 Å². The number of benzene rings is 1. The van der Waals surface area contributed by atoms with E-state index in [1.54, 1.807) is 24.3 Å². The molecule has 0 amide bonds. The molecule has 1 heterocycles. The molecule has 0 unspecified atom stereocenters. The number of aromatic carboxylic acids is 1. The number of hydrogen-bond acceptors (Lipinski definition) is 2. The highest BCUT2D eigenvalue weighted by molar-refractivity contribution is 5.87. The van der Waals surface area contributed by atoms with Gasteiger partial charge in [0.05, 0.1) is 0 Å². The summed E-state index contributed by atoms with van der Waals surface area (Å²) in [4.78, 5) is 14.4. The Morgan fingerprint density at radius 1 is 1.25 bits per heavy atom. The average Bonchev–Trinajstić information content (AvgIpc) is 2.30. The molecule has 0 fully saturated rings. The van der Waals surface area contributed by atoms with E-state index in [0.29, 0.717) is 11.1 Å². The minimum atomic E-state index is -1.13. The molecule has 0 aliphatic rings. The first-order valence-electron chi connectivity index (χ1n) is 4.63. The van der Waals surface area contributed by atoms with Crippen LogP contribution < -0.4 is 0 Å². The number of hydrogen-bond donors (Lipinski definition) is 1. The van der Waals surface area contributed by atoms with Crippen molar-refractivity contribution in [3.8, 4) is 11.1 Å². The van der Waals surface area contributed by atoms with Gasteiger partial charge in [-0.05, 0) is 23.8 Å². The largest absolute Gasteiger partial charge is 0.477 e.